The molecule has 4 aromatic rings. The highest BCUT2D eigenvalue weighted by atomic mass is 32.1. The van der Waals surface area contributed by atoms with Crippen molar-refractivity contribution < 1.29 is 18.5 Å². The van der Waals surface area contributed by atoms with Gasteiger partial charge in [-0.15, -0.1) is 0 Å². The summed E-state index contributed by atoms with van der Waals surface area (Å²) in [6, 6.07) is 13.1. The lowest BCUT2D eigenvalue weighted by atomic mass is 10.1. The third-order valence-corrected chi connectivity index (χ3v) is 7.40. The van der Waals surface area contributed by atoms with Crippen LogP contribution >= 0.6 is 11.3 Å². The molecule has 2 aromatic carbocycles. The first-order valence-corrected chi connectivity index (χ1v) is 11.8. The molecular formula is C24H20FN5O3S. The van der Waals surface area contributed by atoms with Crippen molar-refractivity contribution in [2.75, 3.05) is 12.3 Å². The number of nitrogens with two attached hydrogens (primary N) is 1. The zero-order valence-corrected chi connectivity index (χ0v) is 18.7. The van der Waals surface area contributed by atoms with E-state index in [1.165, 1.54) is 12.1 Å². The van der Waals surface area contributed by atoms with Crippen LogP contribution in [0.15, 0.2) is 53.1 Å². The number of aromatic nitrogens is 2. The number of carbonyl (C=O) groups excluding carboxylic acids is 2. The summed E-state index contributed by atoms with van der Waals surface area (Å²) in [4.78, 5) is 33.1. The largest absolute Gasteiger partial charge is 0.375 e. The van der Waals surface area contributed by atoms with E-state index in [1.54, 1.807) is 24.3 Å². The Morgan fingerprint density at radius 1 is 1.18 bits per heavy atom. The van der Waals surface area contributed by atoms with Gasteiger partial charge in [0.15, 0.2) is 16.4 Å². The van der Waals surface area contributed by atoms with E-state index in [0.717, 1.165) is 24.2 Å². The number of fused-ring (bicyclic) bond motifs is 2. The molecule has 6 rings (SSSR count). The molecule has 172 valence electrons. The highest BCUT2D eigenvalue weighted by Crippen LogP contribution is 2.49. The number of likely N-dealkylation sites (tertiary alicyclic amines) is 1. The van der Waals surface area contributed by atoms with Gasteiger partial charge in [-0.3, -0.25) is 9.59 Å². The van der Waals surface area contributed by atoms with E-state index in [1.807, 2.05) is 17.0 Å². The maximum atomic E-state index is 13.8. The predicted molar refractivity (Wildman–Crippen MR) is 125 cm³/mol. The average Bonchev–Trinajstić information content (AvgIpc) is 3.17. The number of piperidine rings is 1. The molecule has 2 fully saturated rings. The van der Waals surface area contributed by atoms with Gasteiger partial charge in [0, 0.05) is 12.6 Å². The number of nitrogens with zero attached hydrogens (tertiary/aromatic N) is 3. The highest BCUT2D eigenvalue weighted by molar-refractivity contribution is 7.19. The first-order chi connectivity index (χ1) is 16.5. The monoisotopic (exact) mass is 477 g/mol. The van der Waals surface area contributed by atoms with Crippen molar-refractivity contribution in [1.82, 2.24) is 20.4 Å². The molecule has 0 spiro atoms. The maximum absolute atomic E-state index is 13.8. The van der Waals surface area contributed by atoms with Crippen LogP contribution in [0.3, 0.4) is 0 Å². The molecule has 2 aromatic heterocycles. The van der Waals surface area contributed by atoms with Crippen LogP contribution in [0.2, 0.25) is 0 Å². The van der Waals surface area contributed by atoms with Crippen LogP contribution in [0.1, 0.15) is 33.8 Å². The minimum atomic E-state index is -0.396. The molecule has 10 heteroatoms. The van der Waals surface area contributed by atoms with Gasteiger partial charge < -0.3 is 20.5 Å². The summed E-state index contributed by atoms with van der Waals surface area (Å²) in [5.74, 6) is -0.584. The predicted octanol–water partition coefficient (Wildman–Crippen LogP) is 3.71. The van der Waals surface area contributed by atoms with Gasteiger partial charge in [-0.1, -0.05) is 40.8 Å². The highest BCUT2D eigenvalue weighted by Gasteiger charge is 2.54. The number of hydrogen-bond donors (Lipinski definition) is 2. The van der Waals surface area contributed by atoms with Crippen LogP contribution in [0.5, 0.6) is 0 Å². The first kappa shape index (κ1) is 20.8. The van der Waals surface area contributed by atoms with Crippen molar-refractivity contribution in [2.45, 2.75) is 24.9 Å². The SMILES string of the molecule is Nc1nc(C(=O)N2[C@H](CNC(=O)c3noc4ccccc34)C[C@@H]3C[C@@H]32)c(-c2cccc(F)c2)s1. The number of hydrogen-bond acceptors (Lipinski definition) is 7. The Morgan fingerprint density at radius 3 is 2.88 bits per heavy atom. The van der Waals surface area contributed by atoms with E-state index < -0.39 is 5.82 Å². The van der Waals surface area contributed by atoms with Crippen molar-refractivity contribution in [3.63, 3.8) is 0 Å². The molecule has 1 aliphatic carbocycles. The van der Waals surface area contributed by atoms with Crippen LogP contribution < -0.4 is 11.1 Å². The van der Waals surface area contributed by atoms with E-state index >= 15 is 0 Å². The molecule has 1 saturated carbocycles. The van der Waals surface area contributed by atoms with E-state index in [9.17, 15) is 14.0 Å². The van der Waals surface area contributed by atoms with Gasteiger partial charge in [-0.25, -0.2) is 9.37 Å². The molecule has 34 heavy (non-hydrogen) atoms. The van der Waals surface area contributed by atoms with Gasteiger partial charge in [-0.05, 0) is 48.6 Å². The Balaban J connectivity index is 1.23. The fourth-order valence-corrected chi connectivity index (χ4v) is 5.65. The molecule has 3 N–H and O–H groups in total. The quantitative estimate of drug-likeness (QED) is 0.453. The maximum Gasteiger partial charge on any atom is 0.274 e. The molecular weight excluding hydrogens is 457 g/mol. The number of carbonyl (C=O) groups is 2. The Labute approximate surface area is 197 Å². The van der Waals surface area contributed by atoms with Crippen molar-refractivity contribution in [2.24, 2.45) is 5.92 Å². The minimum Gasteiger partial charge on any atom is -0.375 e. The van der Waals surface area contributed by atoms with Gasteiger partial charge in [0.2, 0.25) is 0 Å². The van der Waals surface area contributed by atoms with Crippen molar-refractivity contribution >= 4 is 39.3 Å². The Bertz CT molecular complexity index is 1430. The lowest BCUT2D eigenvalue weighted by molar-refractivity contribution is 0.0684. The number of para-hydroxylation sites is 1. The second-order valence-corrected chi connectivity index (χ2v) is 9.67. The minimum absolute atomic E-state index is 0.116. The van der Waals surface area contributed by atoms with Crippen molar-refractivity contribution in [3.05, 3.63) is 65.7 Å². The number of halogens is 1. The fourth-order valence-electron chi connectivity index (χ4n) is 4.83. The molecule has 0 unspecified atom stereocenters. The van der Waals surface area contributed by atoms with Gasteiger partial charge >= 0.3 is 0 Å². The second-order valence-electron chi connectivity index (χ2n) is 8.64. The van der Waals surface area contributed by atoms with Crippen molar-refractivity contribution in [3.8, 4) is 10.4 Å². The molecule has 8 nitrogen and oxygen atoms in total. The number of rotatable bonds is 5. The molecule has 0 radical (unpaired) electrons. The van der Waals surface area contributed by atoms with E-state index in [0.29, 0.717) is 27.3 Å². The number of benzene rings is 2. The molecule has 3 heterocycles. The van der Waals surface area contributed by atoms with Gasteiger partial charge in [-0.2, -0.15) is 0 Å². The third kappa shape index (κ3) is 3.50. The molecule has 0 bridgehead atoms. The number of anilines is 1. The summed E-state index contributed by atoms with van der Waals surface area (Å²) in [7, 11) is 0. The van der Waals surface area contributed by atoms with E-state index in [2.05, 4.69) is 15.5 Å². The van der Waals surface area contributed by atoms with Crippen LogP contribution in [-0.2, 0) is 0 Å². The number of nitrogen functional groups attached to an aromatic ring is 1. The Morgan fingerprint density at radius 2 is 2.03 bits per heavy atom. The average molecular weight is 478 g/mol. The fraction of sp³-hybridized carbons (Fsp3) is 0.250. The number of nitrogens with one attached hydrogen (secondary N) is 1. The van der Waals surface area contributed by atoms with Crippen LogP contribution in [0.4, 0.5) is 9.52 Å². The standard InChI is InChI=1S/C24H20FN5O3S/c25-14-5-3-4-12(8-14)21-20(28-24(26)34-21)23(32)30-15(9-13-10-17(13)30)11-27-22(31)19-16-6-1-2-7-18(16)33-29-19/h1-8,13,15,17H,9-11H2,(H2,26,28)(H,27,31)/t13-,15+,17+/m1/s1. The molecule has 1 saturated heterocycles. The van der Waals surface area contributed by atoms with Crippen molar-refractivity contribution in [1.29, 1.82) is 0 Å². The summed E-state index contributed by atoms with van der Waals surface area (Å²) in [6.07, 6.45) is 1.73. The number of amides is 2. The van der Waals surface area contributed by atoms with Gasteiger partial charge in [0.1, 0.15) is 11.5 Å². The van der Waals surface area contributed by atoms with Crippen LogP contribution in [0, 0.1) is 11.7 Å². The van der Waals surface area contributed by atoms with Crippen LogP contribution in [0.25, 0.3) is 21.4 Å². The zero-order chi connectivity index (χ0) is 23.4. The first-order valence-electron chi connectivity index (χ1n) is 11.0. The second kappa shape index (κ2) is 7.91. The topological polar surface area (TPSA) is 114 Å². The molecule has 2 aliphatic rings. The van der Waals surface area contributed by atoms with E-state index in [-0.39, 0.29) is 47.0 Å². The molecule has 2 amide bonds. The summed E-state index contributed by atoms with van der Waals surface area (Å²) >= 11 is 1.16. The summed E-state index contributed by atoms with van der Waals surface area (Å²) in [6.45, 7) is 0.285. The molecule has 1 aliphatic heterocycles. The lowest BCUT2D eigenvalue weighted by Gasteiger charge is -2.27. The van der Waals surface area contributed by atoms with Gasteiger partial charge in [0.25, 0.3) is 11.8 Å². The van der Waals surface area contributed by atoms with Gasteiger partial charge in [0.05, 0.1) is 16.3 Å². The molecule has 3 atom stereocenters. The Hall–Kier alpha value is -3.79. The summed E-state index contributed by atoms with van der Waals surface area (Å²) in [5, 5.41) is 7.69. The van der Waals surface area contributed by atoms with Crippen LogP contribution in [-0.4, -0.2) is 45.5 Å². The normalized spacial score (nSPS) is 21.0. The lowest BCUT2D eigenvalue weighted by Crippen LogP contribution is -2.45. The third-order valence-electron chi connectivity index (χ3n) is 6.47. The summed E-state index contributed by atoms with van der Waals surface area (Å²) in [5.41, 5.74) is 7.48. The smallest absolute Gasteiger partial charge is 0.274 e. The summed E-state index contributed by atoms with van der Waals surface area (Å²) < 4.78 is 19.0. The van der Waals surface area contributed by atoms with E-state index in [4.69, 9.17) is 10.3 Å². The Kier molecular flexibility index (Phi) is 4.84. The number of thiazole rings is 1. The zero-order valence-electron chi connectivity index (χ0n) is 17.9.